The number of hydrogen-bond donors (Lipinski definition) is 4. The molecular formula is C19H27F2N5O3. The number of nitrogens with zero attached hydrogens (tertiary/aromatic N) is 1. The quantitative estimate of drug-likeness (QED) is 0.541. The van der Waals surface area contributed by atoms with Crippen LogP contribution in [0.4, 0.5) is 13.6 Å². The van der Waals surface area contributed by atoms with Crippen molar-refractivity contribution in [2.75, 3.05) is 6.54 Å². The number of alkyl carbamates (subject to hydrolysis) is 1. The van der Waals surface area contributed by atoms with Crippen LogP contribution in [0.1, 0.15) is 36.9 Å². The number of carbonyl (C=O) groups excluding carboxylic acids is 2. The van der Waals surface area contributed by atoms with Crippen LogP contribution in [0.3, 0.4) is 0 Å². The monoisotopic (exact) mass is 411 g/mol. The maximum Gasteiger partial charge on any atom is 0.407 e. The van der Waals surface area contributed by atoms with Crippen LogP contribution in [0.5, 0.6) is 0 Å². The molecule has 8 nitrogen and oxygen atoms in total. The smallest absolute Gasteiger partial charge is 0.407 e. The Kier molecular flexibility index (Phi) is 7.32. The summed E-state index contributed by atoms with van der Waals surface area (Å²) in [6.45, 7) is 1.19. The van der Waals surface area contributed by atoms with Crippen LogP contribution in [0.25, 0.3) is 0 Å². The predicted molar refractivity (Wildman–Crippen MR) is 101 cm³/mol. The number of alkyl halides is 2. The van der Waals surface area contributed by atoms with Crippen molar-refractivity contribution < 1.29 is 23.1 Å². The highest BCUT2D eigenvalue weighted by Crippen LogP contribution is 2.32. The zero-order valence-electron chi connectivity index (χ0n) is 16.3. The number of pyridine rings is 1. The van der Waals surface area contributed by atoms with E-state index >= 15 is 0 Å². The minimum Gasteiger partial charge on any atom is -0.446 e. The van der Waals surface area contributed by atoms with Crippen LogP contribution in [0, 0.1) is 12.8 Å². The highest BCUT2D eigenvalue weighted by atomic mass is 19.3. The van der Waals surface area contributed by atoms with Crippen LogP contribution < -0.4 is 21.5 Å². The summed E-state index contributed by atoms with van der Waals surface area (Å²) in [6.07, 6.45) is 1.06. The first kappa shape index (κ1) is 21.4. The van der Waals surface area contributed by atoms with Gasteiger partial charge < -0.3 is 15.4 Å². The number of hydrogen-bond acceptors (Lipinski definition) is 6. The zero-order valence-corrected chi connectivity index (χ0v) is 16.3. The summed E-state index contributed by atoms with van der Waals surface area (Å²) in [5, 5.41) is 5.01. The molecule has 1 aliphatic heterocycles. The highest BCUT2D eigenvalue weighted by Gasteiger charge is 2.37. The molecule has 1 aromatic heterocycles. The number of halogens is 2. The average molecular weight is 411 g/mol. The van der Waals surface area contributed by atoms with Crippen molar-refractivity contribution in [3.05, 3.63) is 29.6 Å². The Bertz CT molecular complexity index is 704. The first-order valence-corrected chi connectivity index (χ1v) is 9.83. The number of nitrogens with one attached hydrogen (secondary N) is 4. The third-order valence-corrected chi connectivity index (χ3v) is 5.27. The van der Waals surface area contributed by atoms with Crippen molar-refractivity contribution in [2.24, 2.45) is 5.92 Å². The standard InChI is InChI=1S/C19H27F2N5O3/c1-11-2-3-12(9-22-11)6-18(27)24-17-8-15(25-26-17)13-4-5-14(7-13)29-19(28)23-10-16(20)21/h2-3,9,13-17,25-26H,4-8,10H2,1H3,(H,23,28)(H,24,27)/t13-,14+,15?,17?/m0/s1. The predicted octanol–water partition coefficient (Wildman–Crippen LogP) is 1.40. The molecule has 1 aromatic rings. The second kappa shape index (κ2) is 9.93. The summed E-state index contributed by atoms with van der Waals surface area (Å²) < 4.78 is 29.5. The van der Waals surface area contributed by atoms with Crippen LogP contribution in [0.2, 0.25) is 0 Å². The van der Waals surface area contributed by atoms with Gasteiger partial charge in [-0.2, -0.15) is 0 Å². The SMILES string of the molecule is Cc1ccc(CC(=O)NC2CC([C@H]3CC[C@@H](OC(=O)NCC(F)F)C3)NN2)cn1. The lowest BCUT2D eigenvalue weighted by Crippen LogP contribution is -2.45. The number of aryl methyl sites for hydroxylation is 1. The van der Waals surface area contributed by atoms with Crippen molar-refractivity contribution in [1.29, 1.82) is 0 Å². The Balaban J connectivity index is 1.37. The first-order valence-electron chi connectivity index (χ1n) is 9.83. The van der Waals surface area contributed by atoms with E-state index in [2.05, 4.69) is 26.5 Å². The Morgan fingerprint density at radius 2 is 2.10 bits per heavy atom. The van der Waals surface area contributed by atoms with Gasteiger partial charge in [0.15, 0.2) is 0 Å². The lowest BCUT2D eigenvalue weighted by atomic mass is 9.96. The molecule has 2 fully saturated rings. The molecule has 1 saturated heterocycles. The van der Waals surface area contributed by atoms with E-state index < -0.39 is 19.1 Å². The molecule has 4 atom stereocenters. The number of rotatable bonds is 7. The number of amides is 2. The summed E-state index contributed by atoms with van der Waals surface area (Å²) >= 11 is 0. The van der Waals surface area contributed by atoms with Crippen LogP contribution in [-0.2, 0) is 16.0 Å². The summed E-state index contributed by atoms with van der Waals surface area (Å²) in [7, 11) is 0. The highest BCUT2D eigenvalue weighted by molar-refractivity contribution is 5.78. The summed E-state index contributed by atoms with van der Waals surface area (Å²) in [4.78, 5) is 28.0. The van der Waals surface area contributed by atoms with E-state index in [0.29, 0.717) is 19.3 Å². The molecule has 3 rings (SSSR count). The van der Waals surface area contributed by atoms with E-state index in [4.69, 9.17) is 4.74 Å². The lowest BCUT2D eigenvalue weighted by molar-refractivity contribution is -0.121. The largest absolute Gasteiger partial charge is 0.446 e. The maximum atomic E-state index is 12.2. The van der Waals surface area contributed by atoms with Crippen molar-refractivity contribution in [1.82, 2.24) is 26.5 Å². The Morgan fingerprint density at radius 3 is 2.83 bits per heavy atom. The van der Waals surface area contributed by atoms with Gasteiger partial charge in [0.2, 0.25) is 5.91 Å². The second-order valence-electron chi connectivity index (χ2n) is 7.61. The van der Waals surface area contributed by atoms with E-state index in [1.54, 1.807) is 6.20 Å². The van der Waals surface area contributed by atoms with Gasteiger partial charge in [0.1, 0.15) is 6.10 Å². The van der Waals surface area contributed by atoms with E-state index in [0.717, 1.165) is 17.7 Å². The normalized spacial score (nSPS) is 26.5. The minimum absolute atomic E-state index is 0.0843. The van der Waals surface area contributed by atoms with Gasteiger partial charge in [-0.3, -0.25) is 15.2 Å². The van der Waals surface area contributed by atoms with E-state index in [9.17, 15) is 18.4 Å². The molecule has 2 aliphatic rings. The molecule has 1 aliphatic carbocycles. The zero-order chi connectivity index (χ0) is 20.8. The third-order valence-electron chi connectivity index (χ3n) is 5.27. The summed E-state index contributed by atoms with van der Waals surface area (Å²) in [5.41, 5.74) is 8.07. The molecule has 0 aromatic carbocycles. The summed E-state index contributed by atoms with van der Waals surface area (Å²) in [5.74, 6) is 0.192. The Morgan fingerprint density at radius 1 is 1.28 bits per heavy atom. The fraction of sp³-hybridized carbons (Fsp3) is 0.632. The molecular weight excluding hydrogens is 384 g/mol. The molecule has 2 heterocycles. The molecule has 10 heteroatoms. The van der Waals surface area contributed by atoms with Gasteiger partial charge in [0, 0.05) is 17.9 Å². The van der Waals surface area contributed by atoms with Gasteiger partial charge in [-0.15, -0.1) is 0 Å². The molecule has 4 N–H and O–H groups in total. The Labute approximate surface area is 168 Å². The first-order chi connectivity index (χ1) is 13.9. The van der Waals surface area contributed by atoms with Gasteiger partial charge in [-0.25, -0.2) is 19.0 Å². The van der Waals surface area contributed by atoms with Gasteiger partial charge in [-0.05, 0) is 50.2 Å². The third kappa shape index (κ3) is 6.60. The van der Waals surface area contributed by atoms with Crippen LogP contribution in [0.15, 0.2) is 18.3 Å². The van der Waals surface area contributed by atoms with Gasteiger partial charge >= 0.3 is 6.09 Å². The fourth-order valence-corrected chi connectivity index (χ4v) is 3.82. The van der Waals surface area contributed by atoms with Crippen LogP contribution >= 0.6 is 0 Å². The second-order valence-corrected chi connectivity index (χ2v) is 7.61. The molecule has 160 valence electrons. The van der Waals surface area contributed by atoms with Gasteiger partial charge in [0.25, 0.3) is 6.43 Å². The fourth-order valence-electron chi connectivity index (χ4n) is 3.82. The van der Waals surface area contributed by atoms with Gasteiger partial charge in [0.05, 0.1) is 19.1 Å². The average Bonchev–Trinajstić information content (AvgIpc) is 3.31. The Hall–Kier alpha value is -2.33. The molecule has 2 unspecified atom stereocenters. The number of hydrazine groups is 1. The maximum absolute atomic E-state index is 12.2. The topological polar surface area (TPSA) is 104 Å². The number of carbonyl (C=O) groups is 2. The molecule has 0 radical (unpaired) electrons. The molecule has 1 saturated carbocycles. The minimum atomic E-state index is -2.60. The molecule has 29 heavy (non-hydrogen) atoms. The lowest BCUT2D eigenvalue weighted by Gasteiger charge is -2.18. The summed E-state index contributed by atoms with van der Waals surface area (Å²) in [6, 6.07) is 3.90. The number of aromatic nitrogens is 1. The number of ether oxygens (including phenoxy) is 1. The van der Waals surface area contributed by atoms with E-state index in [1.807, 2.05) is 19.1 Å². The van der Waals surface area contributed by atoms with Crippen molar-refractivity contribution in [3.63, 3.8) is 0 Å². The van der Waals surface area contributed by atoms with Crippen LogP contribution in [-0.4, -0.2) is 48.3 Å². The van der Waals surface area contributed by atoms with E-state index in [-0.39, 0.29) is 36.6 Å². The molecule has 0 spiro atoms. The van der Waals surface area contributed by atoms with Crippen molar-refractivity contribution >= 4 is 12.0 Å². The van der Waals surface area contributed by atoms with E-state index in [1.165, 1.54) is 0 Å². The molecule has 2 amide bonds. The van der Waals surface area contributed by atoms with Gasteiger partial charge in [-0.1, -0.05) is 6.07 Å². The van der Waals surface area contributed by atoms with Crippen molar-refractivity contribution in [3.8, 4) is 0 Å². The van der Waals surface area contributed by atoms with Crippen molar-refractivity contribution in [2.45, 2.75) is 63.8 Å². The molecule has 0 bridgehead atoms.